The molecule has 0 bridgehead atoms. The third kappa shape index (κ3) is 3.12. The molecular formula is C18H23N3O. The summed E-state index contributed by atoms with van der Waals surface area (Å²) in [4.78, 5) is 19.1. The molecule has 1 N–H and O–H groups in total. The summed E-state index contributed by atoms with van der Waals surface area (Å²) in [6.45, 7) is 5.93. The number of nitrogens with zero attached hydrogens (tertiary/aromatic N) is 2. The topological polar surface area (TPSA) is 45.2 Å². The van der Waals surface area contributed by atoms with Crippen LogP contribution in [0.2, 0.25) is 0 Å². The molecule has 2 aromatic rings. The second-order valence-corrected chi connectivity index (χ2v) is 6.27. The Bertz CT molecular complexity index is 655. The van der Waals surface area contributed by atoms with Crippen LogP contribution in [0.25, 0.3) is 10.8 Å². The summed E-state index contributed by atoms with van der Waals surface area (Å²) in [7, 11) is 0. The fourth-order valence-corrected chi connectivity index (χ4v) is 3.16. The van der Waals surface area contributed by atoms with Crippen LogP contribution in [0.5, 0.6) is 0 Å². The minimum absolute atomic E-state index is 0.0554. The summed E-state index contributed by atoms with van der Waals surface area (Å²) in [6, 6.07) is 10.9. The molecule has 3 rings (SSSR count). The lowest BCUT2D eigenvalue weighted by Crippen LogP contribution is -2.46. The van der Waals surface area contributed by atoms with Gasteiger partial charge in [-0.3, -0.25) is 9.78 Å². The smallest absolute Gasteiger partial charge is 0.273 e. The van der Waals surface area contributed by atoms with Crippen molar-refractivity contribution in [2.75, 3.05) is 13.1 Å². The van der Waals surface area contributed by atoms with Gasteiger partial charge in [0.05, 0.1) is 0 Å². The Balaban J connectivity index is 1.74. The Labute approximate surface area is 131 Å². The normalized spacial score (nSPS) is 16.4. The maximum atomic E-state index is 12.8. The van der Waals surface area contributed by atoms with Crippen molar-refractivity contribution in [2.24, 2.45) is 0 Å². The van der Waals surface area contributed by atoms with Gasteiger partial charge in [0.25, 0.3) is 5.91 Å². The highest BCUT2D eigenvalue weighted by Gasteiger charge is 2.25. The van der Waals surface area contributed by atoms with E-state index in [9.17, 15) is 4.79 Å². The van der Waals surface area contributed by atoms with Gasteiger partial charge in [-0.25, -0.2) is 0 Å². The molecule has 0 radical (unpaired) electrons. The number of likely N-dealkylation sites (tertiary alicyclic amines) is 1. The minimum Gasteiger partial charge on any atom is -0.337 e. The average Bonchev–Trinajstić information content (AvgIpc) is 2.54. The van der Waals surface area contributed by atoms with E-state index in [1.54, 1.807) is 6.20 Å². The third-order valence-electron chi connectivity index (χ3n) is 4.23. The fourth-order valence-electron chi connectivity index (χ4n) is 3.16. The average molecular weight is 297 g/mol. The molecule has 0 spiro atoms. The summed E-state index contributed by atoms with van der Waals surface area (Å²) in [6.07, 6.45) is 3.74. The van der Waals surface area contributed by atoms with Gasteiger partial charge in [-0.05, 0) is 24.3 Å². The summed E-state index contributed by atoms with van der Waals surface area (Å²) >= 11 is 0. The maximum absolute atomic E-state index is 12.8. The van der Waals surface area contributed by atoms with Crippen molar-refractivity contribution in [1.82, 2.24) is 15.2 Å². The minimum atomic E-state index is 0.0554. The zero-order valence-electron chi connectivity index (χ0n) is 13.2. The number of pyridine rings is 1. The van der Waals surface area contributed by atoms with Crippen molar-refractivity contribution >= 4 is 16.7 Å². The van der Waals surface area contributed by atoms with E-state index in [1.807, 2.05) is 35.2 Å². The van der Waals surface area contributed by atoms with Gasteiger partial charge >= 0.3 is 0 Å². The number of benzene rings is 1. The molecule has 4 nitrogen and oxygen atoms in total. The highest BCUT2D eigenvalue weighted by atomic mass is 16.2. The molecule has 0 aliphatic carbocycles. The first kappa shape index (κ1) is 15.0. The van der Waals surface area contributed by atoms with Crippen LogP contribution in [-0.4, -0.2) is 41.0 Å². The summed E-state index contributed by atoms with van der Waals surface area (Å²) < 4.78 is 0. The molecule has 1 saturated heterocycles. The number of fused-ring (bicyclic) bond motifs is 1. The molecule has 1 aliphatic rings. The van der Waals surface area contributed by atoms with Crippen molar-refractivity contribution in [3.63, 3.8) is 0 Å². The third-order valence-corrected chi connectivity index (χ3v) is 4.23. The maximum Gasteiger partial charge on any atom is 0.273 e. The molecule has 1 aromatic heterocycles. The van der Waals surface area contributed by atoms with E-state index >= 15 is 0 Å². The number of nitrogens with one attached hydrogen (secondary N) is 1. The van der Waals surface area contributed by atoms with E-state index < -0.39 is 0 Å². The van der Waals surface area contributed by atoms with Crippen molar-refractivity contribution < 1.29 is 4.79 Å². The molecule has 0 unspecified atom stereocenters. The Morgan fingerprint density at radius 3 is 2.68 bits per heavy atom. The lowest BCUT2D eigenvalue weighted by molar-refractivity contribution is 0.0699. The van der Waals surface area contributed by atoms with E-state index in [1.165, 1.54) is 0 Å². The first-order chi connectivity index (χ1) is 10.6. The van der Waals surface area contributed by atoms with Crippen LogP contribution in [-0.2, 0) is 0 Å². The molecule has 1 aromatic carbocycles. The van der Waals surface area contributed by atoms with Crippen molar-refractivity contribution in [3.05, 3.63) is 42.2 Å². The van der Waals surface area contributed by atoms with Crippen LogP contribution in [0, 0.1) is 0 Å². The summed E-state index contributed by atoms with van der Waals surface area (Å²) in [5.41, 5.74) is 0.577. The van der Waals surface area contributed by atoms with Gasteiger partial charge in [0.1, 0.15) is 5.69 Å². The van der Waals surface area contributed by atoms with Crippen LogP contribution in [0.4, 0.5) is 0 Å². The van der Waals surface area contributed by atoms with Crippen LogP contribution >= 0.6 is 0 Å². The van der Waals surface area contributed by atoms with E-state index in [2.05, 4.69) is 24.1 Å². The van der Waals surface area contributed by atoms with E-state index in [0.717, 1.165) is 36.7 Å². The Morgan fingerprint density at radius 1 is 1.23 bits per heavy atom. The number of hydrogen-bond acceptors (Lipinski definition) is 3. The van der Waals surface area contributed by atoms with Crippen LogP contribution in [0.15, 0.2) is 36.5 Å². The first-order valence-corrected chi connectivity index (χ1v) is 8.04. The predicted molar refractivity (Wildman–Crippen MR) is 88.9 cm³/mol. The van der Waals surface area contributed by atoms with Gasteiger partial charge in [-0.1, -0.05) is 38.1 Å². The molecule has 2 heterocycles. The fraction of sp³-hybridized carbons (Fsp3) is 0.444. The highest BCUT2D eigenvalue weighted by Crippen LogP contribution is 2.20. The molecular weight excluding hydrogens is 274 g/mol. The largest absolute Gasteiger partial charge is 0.337 e. The molecule has 0 atom stereocenters. The van der Waals surface area contributed by atoms with Crippen LogP contribution in [0.3, 0.4) is 0 Å². The van der Waals surface area contributed by atoms with Gasteiger partial charge in [-0.15, -0.1) is 0 Å². The van der Waals surface area contributed by atoms with Gasteiger partial charge in [0.2, 0.25) is 0 Å². The monoisotopic (exact) mass is 297 g/mol. The highest BCUT2D eigenvalue weighted by molar-refractivity contribution is 6.05. The SMILES string of the molecule is CC(C)NC1CCN(C(=O)c2nccc3ccccc23)CC1. The number of aromatic nitrogens is 1. The van der Waals surface area contributed by atoms with Crippen molar-refractivity contribution in [2.45, 2.75) is 38.8 Å². The molecule has 4 heteroatoms. The van der Waals surface area contributed by atoms with E-state index in [4.69, 9.17) is 0 Å². The van der Waals surface area contributed by atoms with Crippen LogP contribution < -0.4 is 5.32 Å². The number of carbonyl (C=O) groups excluding carboxylic acids is 1. The Kier molecular flexibility index (Phi) is 4.39. The molecule has 116 valence electrons. The number of hydrogen-bond donors (Lipinski definition) is 1. The second-order valence-electron chi connectivity index (χ2n) is 6.27. The van der Waals surface area contributed by atoms with Crippen LogP contribution in [0.1, 0.15) is 37.2 Å². The lowest BCUT2D eigenvalue weighted by Gasteiger charge is -2.33. The van der Waals surface area contributed by atoms with Gasteiger partial charge in [0, 0.05) is 36.8 Å². The number of rotatable bonds is 3. The van der Waals surface area contributed by atoms with Gasteiger partial charge in [-0.2, -0.15) is 0 Å². The Morgan fingerprint density at radius 2 is 1.95 bits per heavy atom. The number of amides is 1. The molecule has 1 aliphatic heterocycles. The van der Waals surface area contributed by atoms with Crippen molar-refractivity contribution in [1.29, 1.82) is 0 Å². The number of carbonyl (C=O) groups is 1. The zero-order chi connectivity index (χ0) is 15.5. The van der Waals surface area contributed by atoms with E-state index in [-0.39, 0.29) is 5.91 Å². The standard InChI is InChI=1S/C18H23N3O/c1-13(2)20-15-8-11-21(12-9-15)18(22)17-16-6-4-3-5-14(16)7-10-19-17/h3-7,10,13,15,20H,8-9,11-12H2,1-2H3. The summed E-state index contributed by atoms with van der Waals surface area (Å²) in [5.74, 6) is 0.0554. The van der Waals surface area contributed by atoms with Crippen molar-refractivity contribution in [3.8, 4) is 0 Å². The quantitative estimate of drug-likeness (QED) is 0.947. The van der Waals surface area contributed by atoms with Gasteiger partial charge in [0.15, 0.2) is 0 Å². The molecule has 22 heavy (non-hydrogen) atoms. The Hall–Kier alpha value is -1.94. The molecule has 1 fully saturated rings. The predicted octanol–water partition coefficient (Wildman–Crippen LogP) is 2.84. The van der Waals surface area contributed by atoms with E-state index in [0.29, 0.717) is 17.8 Å². The first-order valence-electron chi connectivity index (χ1n) is 8.04. The summed E-state index contributed by atoms with van der Waals surface area (Å²) in [5, 5.41) is 5.57. The zero-order valence-corrected chi connectivity index (χ0v) is 13.2. The second kappa shape index (κ2) is 6.44. The van der Waals surface area contributed by atoms with Gasteiger partial charge < -0.3 is 10.2 Å². The molecule has 0 saturated carbocycles. The lowest BCUT2D eigenvalue weighted by atomic mass is 10.0. The number of piperidine rings is 1. The molecule has 1 amide bonds.